The number of pyridine rings is 1. The number of carbonyl (C=O) groups is 1. The maximum absolute atomic E-state index is 12.7. The molecule has 1 aliphatic rings. The lowest BCUT2D eigenvalue weighted by Gasteiger charge is -2.14. The number of nitrogens with zero attached hydrogens (tertiary/aromatic N) is 4. The third-order valence-electron chi connectivity index (χ3n) is 4.16. The van der Waals surface area contributed by atoms with Gasteiger partial charge in [-0.05, 0) is 46.9 Å². The third kappa shape index (κ3) is 2.70. The molecule has 1 amide bonds. The molecule has 0 aromatic carbocycles. The summed E-state index contributed by atoms with van der Waals surface area (Å²) in [6.45, 7) is 7.97. The van der Waals surface area contributed by atoms with E-state index < -0.39 is 0 Å². The van der Waals surface area contributed by atoms with Crippen LogP contribution in [0.25, 0.3) is 11.0 Å². The van der Waals surface area contributed by atoms with Gasteiger partial charge >= 0.3 is 0 Å². The highest BCUT2D eigenvalue weighted by Crippen LogP contribution is 2.21. The molecule has 3 rings (SSSR count). The molecule has 1 saturated heterocycles. The molecule has 2 aromatic rings. The maximum Gasteiger partial charge on any atom is 0.252 e. The number of aryl methyl sites for hydroxylation is 1. The van der Waals surface area contributed by atoms with E-state index in [1.165, 1.54) is 0 Å². The first kappa shape index (κ1) is 15.0. The SMILES string of the molecule is Cc1cc(C(=O)NC2CCN(C)C2)c2cnn(C(C)C)c2n1. The van der Waals surface area contributed by atoms with Crippen LogP contribution in [0.3, 0.4) is 0 Å². The number of carbonyl (C=O) groups excluding carboxylic acids is 1. The largest absolute Gasteiger partial charge is 0.348 e. The lowest BCUT2D eigenvalue weighted by molar-refractivity contribution is 0.0940. The van der Waals surface area contributed by atoms with Crippen molar-refractivity contribution in [3.63, 3.8) is 0 Å². The van der Waals surface area contributed by atoms with Crippen molar-refractivity contribution >= 4 is 16.9 Å². The van der Waals surface area contributed by atoms with E-state index in [-0.39, 0.29) is 18.0 Å². The van der Waals surface area contributed by atoms with E-state index in [9.17, 15) is 4.79 Å². The van der Waals surface area contributed by atoms with Crippen LogP contribution in [0.5, 0.6) is 0 Å². The van der Waals surface area contributed by atoms with Crippen LogP contribution in [-0.4, -0.2) is 51.8 Å². The summed E-state index contributed by atoms with van der Waals surface area (Å²) in [6.07, 6.45) is 2.75. The van der Waals surface area contributed by atoms with Crippen LogP contribution in [0, 0.1) is 6.92 Å². The zero-order valence-corrected chi connectivity index (χ0v) is 13.6. The normalized spacial score (nSPS) is 19.2. The topological polar surface area (TPSA) is 63.1 Å². The number of rotatable bonds is 3. The van der Waals surface area contributed by atoms with Gasteiger partial charge in [0.15, 0.2) is 5.65 Å². The van der Waals surface area contributed by atoms with Crippen molar-refractivity contribution in [2.45, 2.75) is 39.3 Å². The number of fused-ring (bicyclic) bond motifs is 1. The molecule has 6 nitrogen and oxygen atoms in total. The summed E-state index contributed by atoms with van der Waals surface area (Å²) in [7, 11) is 2.08. The van der Waals surface area contributed by atoms with Gasteiger partial charge in [-0.2, -0.15) is 5.10 Å². The van der Waals surface area contributed by atoms with Crippen molar-refractivity contribution in [3.05, 3.63) is 23.5 Å². The summed E-state index contributed by atoms with van der Waals surface area (Å²) >= 11 is 0. The lowest BCUT2D eigenvalue weighted by atomic mass is 10.1. The van der Waals surface area contributed by atoms with Gasteiger partial charge in [0.2, 0.25) is 0 Å². The predicted octanol–water partition coefficient (Wildman–Crippen LogP) is 1.75. The standard InChI is InChI=1S/C16H23N5O/c1-10(2)21-15-14(8-17-21)13(7-11(3)18-15)16(22)19-12-5-6-20(4)9-12/h7-8,10,12H,5-6,9H2,1-4H3,(H,19,22). The predicted molar refractivity (Wildman–Crippen MR) is 86.0 cm³/mol. The van der Waals surface area contributed by atoms with Gasteiger partial charge in [0.25, 0.3) is 5.91 Å². The summed E-state index contributed by atoms with van der Waals surface area (Å²) in [5.74, 6) is -0.0286. The minimum absolute atomic E-state index is 0.0286. The first-order valence-electron chi connectivity index (χ1n) is 7.80. The molecule has 118 valence electrons. The van der Waals surface area contributed by atoms with Crippen LogP contribution in [0.2, 0.25) is 0 Å². The van der Waals surface area contributed by atoms with Gasteiger partial charge in [-0.3, -0.25) is 4.79 Å². The van der Waals surface area contributed by atoms with Crippen LogP contribution < -0.4 is 5.32 Å². The van der Waals surface area contributed by atoms with E-state index in [2.05, 4.69) is 41.2 Å². The molecule has 3 heterocycles. The number of nitrogens with one attached hydrogen (secondary N) is 1. The summed E-state index contributed by atoms with van der Waals surface area (Å²) < 4.78 is 1.86. The van der Waals surface area contributed by atoms with Gasteiger partial charge in [-0.15, -0.1) is 0 Å². The molecule has 1 unspecified atom stereocenters. The Labute approximate surface area is 130 Å². The fourth-order valence-corrected chi connectivity index (χ4v) is 3.02. The molecule has 1 fully saturated rings. The number of amides is 1. The van der Waals surface area contributed by atoms with E-state index in [4.69, 9.17) is 0 Å². The Balaban J connectivity index is 1.94. The van der Waals surface area contributed by atoms with E-state index in [0.717, 1.165) is 36.2 Å². The number of aromatic nitrogens is 3. The summed E-state index contributed by atoms with van der Waals surface area (Å²) in [4.78, 5) is 19.4. The van der Waals surface area contributed by atoms with Gasteiger partial charge < -0.3 is 10.2 Å². The van der Waals surface area contributed by atoms with Gasteiger partial charge in [0.1, 0.15) is 0 Å². The van der Waals surface area contributed by atoms with Crippen LogP contribution in [0.4, 0.5) is 0 Å². The fourth-order valence-electron chi connectivity index (χ4n) is 3.02. The quantitative estimate of drug-likeness (QED) is 0.938. The molecule has 6 heteroatoms. The van der Waals surface area contributed by atoms with E-state index >= 15 is 0 Å². The highest BCUT2D eigenvalue weighted by molar-refractivity contribution is 6.05. The van der Waals surface area contributed by atoms with Crippen LogP contribution in [0.1, 0.15) is 42.4 Å². The van der Waals surface area contributed by atoms with E-state index in [1.807, 2.05) is 17.7 Å². The third-order valence-corrected chi connectivity index (χ3v) is 4.16. The first-order chi connectivity index (χ1) is 10.5. The van der Waals surface area contributed by atoms with Crippen molar-refractivity contribution in [2.24, 2.45) is 0 Å². The Kier molecular flexibility index (Phi) is 3.87. The molecule has 0 bridgehead atoms. The van der Waals surface area contributed by atoms with Crippen molar-refractivity contribution in [3.8, 4) is 0 Å². The summed E-state index contributed by atoms with van der Waals surface area (Å²) in [5.41, 5.74) is 2.29. The Morgan fingerprint density at radius 2 is 2.23 bits per heavy atom. The zero-order chi connectivity index (χ0) is 15.9. The average molecular weight is 301 g/mol. The molecule has 0 spiro atoms. The van der Waals surface area contributed by atoms with Crippen molar-refractivity contribution < 1.29 is 4.79 Å². The molecule has 2 aromatic heterocycles. The van der Waals surface area contributed by atoms with Crippen molar-refractivity contribution in [1.29, 1.82) is 0 Å². The molecule has 1 aliphatic heterocycles. The molecule has 1 N–H and O–H groups in total. The lowest BCUT2D eigenvalue weighted by Crippen LogP contribution is -2.36. The maximum atomic E-state index is 12.7. The Morgan fingerprint density at radius 1 is 1.45 bits per heavy atom. The van der Waals surface area contributed by atoms with E-state index in [1.54, 1.807) is 6.20 Å². The smallest absolute Gasteiger partial charge is 0.252 e. The number of likely N-dealkylation sites (tertiary alicyclic amines) is 1. The van der Waals surface area contributed by atoms with Crippen LogP contribution in [0.15, 0.2) is 12.3 Å². The zero-order valence-electron chi connectivity index (χ0n) is 13.6. The second-order valence-corrected chi connectivity index (χ2v) is 6.45. The minimum atomic E-state index is -0.0286. The Hall–Kier alpha value is -1.95. The Morgan fingerprint density at radius 3 is 2.86 bits per heavy atom. The molecular formula is C16H23N5O. The minimum Gasteiger partial charge on any atom is -0.348 e. The van der Waals surface area contributed by atoms with E-state index in [0.29, 0.717) is 5.56 Å². The molecule has 1 atom stereocenters. The van der Waals surface area contributed by atoms with Crippen molar-refractivity contribution in [1.82, 2.24) is 25.0 Å². The van der Waals surface area contributed by atoms with Gasteiger partial charge in [-0.25, -0.2) is 9.67 Å². The fraction of sp³-hybridized carbons (Fsp3) is 0.562. The number of likely N-dealkylation sites (N-methyl/N-ethyl adjacent to an activating group) is 1. The first-order valence-corrected chi connectivity index (χ1v) is 7.80. The molecule has 22 heavy (non-hydrogen) atoms. The highest BCUT2D eigenvalue weighted by atomic mass is 16.1. The second-order valence-electron chi connectivity index (χ2n) is 6.45. The van der Waals surface area contributed by atoms with Crippen molar-refractivity contribution in [2.75, 3.05) is 20.1 Å². The summed E-state index contributed by atoms with van der Waals surface area (Å²) in [5, 5.41) is 8.35. The average Bonchev–Trinajstić information content (AvgIpc) is 3.03. The Bertz CT molecular complexity index is 706. The van der Waals surface area contributed by atoms with Gasteiger partial charge in [0.05, 0.1) is 17.1 Å². The van der Waals surface area contributed by atoms with Crippen LogP contribution in [-0.2, 0) is 0 Å². The monoisotopic (exact) mass is 301 g/mol. The highest BCUT2D eigenvalue weighted by Gasteiger charge is 2.23. The number of hydrogen-bond acceptors (Lipinski definition) is 4. The number of hydrogen-bond donors (Lipinski definition) is 1. The van der Waals surface area contributed by atoms with Gasteiger partial charge in [0, 0.05) is 24.3 Å². The molecule has 0 radical (unpaired) electrons. The molecule has 0 aliphatic carbocycles. The van der Waals surface area contributed by atoms with Crippen LogP contribution >= 0.6 is 0 Å². The summed E-state index contributed by atoms with van der Waals surface area (Å²) in [6, 6.07) is 2.29. The van der Waals surface area contributed by atoms with Gasteiger partial charge in [-0.1, -0.05) is 0 Å². The molecule has 0 saturated carbocycles. The molecular weight excluding hydrogens is 278 g/mol. The second kappa shape index (κ2) is 5.68.